The molecule has 4 heteroatoms. The van der Waals surface area contributed by atoms with Gasteiger partial charge in [-0.25, -0.2) is 9.97 Å². The molecule has 1 aromatic heterocycles. The van der Waals surface area contributed by atoms with E-state index in [-0.39, 0.29) is 0 Å². The molecule has 0 fully saturated rings. The number of aromatic nitrogens is 2. The molecule has 0 spiro atoms. The second-order valence-electron chi connectivity index (χ2n) is 3.87. The van der Waals surface area contributed by atoms with Crippen molar-refractivity contribution in [3.63, 3.8) is 0 Å². The molecule has 0 amide bonds. The van der Waals surface area contributed by atoms with Gasteiger partial charge in [-0.2, -0.15) is 0 Å². The Kier molecular flexibility index (Phi) is 7.17. The van der Waals surface area contributed by atoms with Crippen molar-refractivity contribution in [1.82, 2.24) is 15.3 Å². The van der Waals surface area contributed by atoms with Gasteiger partial charge in [0.15, 0.2) is 5.16 Å². The van der Waals surface area contributed by atoms with Crippen LogP contribution in [0.3, 0.4) is 0 Å². The molecule has 0 radical (unpaired) electrons. The van der Waals surface area contributed by atoms with Gasteiger partial charge in [0.2, 0.25) is 0 Å². The minimum Gasteiger partial charge on any atom is -0.316 e. The number of nitrogens with zero attached hydrogens (tertiary/aromatic N) is 2. The topological polar surface area (TPSA) is 37.8 Å². The molecule has 1 heterocycles. The van der Waals surface area contributed by atoms with Crippen molar-refractivity contribution in [3.8, 4) is 0 Å². The van der Waals surface area contributed by atoms with Crippen LogP contribution in [-0.4, -0.2) is 28.3 Å². The van der Waals surface area contributed by atoms with Gasteiger partial charge in [-0.05, 0) is 19.0 Å². The summed E-state index contributed by atoms with van der Waals surface area (Å²) in [5.74, 6) is 0. The van der Waals surface area contributed by atoms with Crippen LogP contribution in [0.4, 0.5) is 0 Å². The van der Waals surface area contributed by atoms with Crippen molar-refractivity contribution in [1.29, 1.82) is 0 Å². The lowest BCUT2D eigenvalue weighted by molar-refractivity contribution is 0.615. The van der Waals surface area contributed by atoms with E-state index in [4.69, 9.17) is 0 Å². The van der Waals surface area contributed by atoms with Gasteiger partial charge in [0.25, 0.3) is 0 Å². The smallest absolute Gasteiger partial charge is 0.187 e. The van der Waals surface area contributed by atoms with Gasteiger partial charge in [0.1, 0.15) is 0 Å². The average molecular weight is 239 g/mol. The lowest BCUT2D eigenvalue weighted by atomic mass is 10.2. The summed E-state index contributed by atoms with van der Waals surface area (Å²) < 4.78 is 0. The van der Waals surface area contributed by atoms with Gasteiger partial charge in [-0.1, -0.05) is 38.5 Å². The minimum absolute atomic E-state index is 0.518. The summed E-state index contributed by atoms with van der Waals surface area (Å²) in [4.78, 5) is 8.40. The summed E-state index contributed by atoms with van der Waals surface area (Å²) in [6.45, 7) is 6.57. The van der Waals surface area contributed by atoms with E-state index in [1.54, 1.807) is 24.2 Å². The summed E-state index contributed by atoms with van der Waals surface area (Å²) in [6.07, 6.45) is 7.45. The molecule has 0 saturated carbocycles. The molecule has 1 unspecified atom stereocenters. The highest BCUT2D eigenvalue weighted by Crippen LogP contribution is 2.17. The molecule has 0 aliphatic carbocycles. The van der Waals surface area contributed by atoms with Crippen molar-refractivity contribution in [3.05, 3.63) is 18.5 Å². The Balaban J connectivity index is 2.09. The maximum Gasteiger partial charge on any atom is 0.187 e. The predicted octanol–water partition coefficient (Wildman–Crippen LogP) is 2.74. The number of thioether (sulfide) groups is 1. The Hall–Kier alpha value is -0.610. The second-order valence-corrected chi connectivity index (χ2v) is 5.28. The summed E-state index contributed by atoms with van der Waals surface area (Å²) >= 11 is 1.72. The Morgan fingerprint density at radius 1 is 1.31 bits per heavy atom. The fourth-order valence-corrected chi connectivity index (χ4v) is 2.18. The van der Waals surface area contributed by atoms with E-state index < -0.39 is 0 Å². The van der Waals surface area contributed by atoms with Crippen molar-refractivity contribution in [2.24, 2.45) is 0 Å². The molecule has 1 N–H and O–H groups in total. The predicted molar refractivity (Wildman–Crippen MR) is 69.7 cm³/mol. The molecule has 0 aliphatic heterocycles. The first-order chi connectivity index (χ1) is 7.83. The van der Waals surface area contributed by atoms with Crippen LogP contribution in [0.2, 0.25) is 0 Å². The third-order valence-electron chi connectivity index (χ3n) is 2.24. The van der Waals surface area contributed by atoms with Crippen LogP contribution >= 0.6 is 11.8 Å². The Labute approximate surface area is 102 Å². The van der Waals surface area contributed by atoms with Crippen LogP contribution < -0.4 is 5.32 Å². The maximum absolute atomic E-state index is 4.20. The van der Waals surface area contributed by atoms with Gasteiger partial charge in [0, 0.05) is 24.2 Å². The third-order valence-corrected chi connectivity index (χ3v) is 3.23. The van der Waals surface area contributed by atoms with Crippen molar-refractivity contribution < 1.29 is 0 Å². The number of hydrogen-bond acceptors (Lipinski definition) is 4. The van der Waals surface area contributed by atoms with Gasteiger partial charge in [0.05, 0.1) is 0 Å². The fourth-order valence-electron chi connectivity index (χ4n) is 1.37. The van der Waals surface area contributed by atoms with Crippen LogP contribution in [0.1, 0.15) is 33.1 Å². The van der Waals surface area contributed by atoms with Crippen LogP contribution in [0.15, 0.2) is 23.6 Å². The monoisotopic (exact) mass is 239 g/mol. The van der Waals surface area contributed by atoms with Crippen LogP contribution in [-0.2, 0) is 0 Å². The van der Waals surface area contributed by atoms with Crippen molar-refractivity contribution in [2.45, 2.75) is 43.5 Å². The van der Waals surface area contributed by atoms with E-state index in [1.165, 1.54) is 19.3 Å². The zero-order valence-electron chi connectivity index (χ0n) is 10.1. The molecule has 3 nitrogen and oxygen atoms in total. The zero-order chi connectivity index (χ0) is 11.6. The average Bonchev–Trinajstić information content (AvgIpc) is 2.30. The van der Waals surface area contributed by atoms with E-state index in [0.717, 1.165) is 18.2 Å². The number of nitrogens with one attached hydrogen (secondary N) is 1. The van der Waals surface area contributed by atoms with Crippen LogP contribution in [0.5, 0.6) is 0 Å². The van der Waals surface area contributed by atoms with Gasteiger partial charge in [-0.15, -0.1) is 0 Å². The zero-order valence-corrected chi connectivity index (χ0v) is 11.0. The molecule has 0 saturated heterocycles. The highest BCUT2D eigenvalue weighted by molar-refractivity contribution is 7.99. The van der Waals surface area contributed by atoms with E-state index in [1.807, 2.05) is 6.07 Å². The first-order valence-corrected chi connectivity index (χ1v) is 6.85. The van der Waals surface area contributed by atoms with E-state index in [0.29, 0.717) is 5.25 Å². The summed E-state index contributed by atoms with van der Waals surface area (Å²) in [6, 6.07) is 1.84. The van der Waals surface area contributed by atoms with E-state index in [9.17, 15) is 0 Å². The summed E-state index contributed by atoms with van der Waals surface area (Å²) in [5, 5.41) is 4.85. The standard InChI is InChI=1S/C12H21N3S/c1-3-4-5-7-13-10-11(2)16-12-14-8-6-9-15-12/h6,8-9,11,13H,3-5,7,10H2,1-2H3. The van der Waals surface area contributed by atoms with E-state index >= 15 is 0 Å². The van der Waals surface area contributed by atoms with Crippen LogP contribution in [0, 0.1) is 0 Å². The normalized spacial score (nSPS) is 12.6. The Morgan fingerprint density at radius 3 is 2.75 bits per heavy atom. The van der Waals surface area contributed by atoms with Gasteiger partial charge < -0.3 is 5.32 Å². The molecule has 0 aromatic carbocycles. The van der Waals surface area contributed by atoms with Crippen LogP contribution in [0.25, 0.3) is 0 Å². The first-order valence-electron chi connectivity index (χ1n) is 5.97. The molecule has 1 aromatic rings. The molecule has 90 valence electrons. The SMILES string of the molecule is CCCCCNCC(C)Sc1ncccn1. The highest BCUT2D eigenvalue weighted by Gasteiger charge is 2.05. The molecule has 16 heavy (non-hydrogen) atoms. The summed E-state index contributed by atoms with van der Waals surface area (Å²) in [7, 11) is 0. The molecule has 1 atom stereocenters. The molecular formula is C12H21N3S. The lowest BCUT2D eigenvalue weighted by Crippen LogP contribution is -2.23. The van der Waals surface area contributed by atoms with Gasteiger partial charge in [-0.3, -0.25) is 0 Å². The molecular weight excluding hydrogens is 218 g/mol. The molecule has 1 rings (SSSR count). The third kappa shape index (κ3) is 6.08. The maximum atomic E-state index is 4.20. The largest absolute Gasteiger partial charge is 0.316 e. The number of unbranched alkanes of at least 4 members (excludes halogenated alkanes) is 2. The Bertz CT molecular complexity index is 266. The minimum atomic E-state index is 0.518. The van der Waals surface area contributed by atoms with Crippen molar-refractivity contribution in [2.75, 3.05) is 13.1 Å². The molecule has 0 aliphatic rings. The number of hydrogen-bond donors (Lipinski definition) is 1. The summed E-state index contributed by atoms with van der Waals surface area (Å²) in [5.41, 5.74) is 0. The quantitative estimate of drug-likeness (QED) is 0.430. The molecule has 0 bridgehead atoms. The van der Waals surface area contributed by atoms with Crippen molar-refractivity contribution >= 4 is 11.8 Å². The first kappa shape index (κ1) is 13.5. The lowest BCUT2D eigenvalue weighted by Gasteiger charge is -2.10. The van der Waals surface area contributed by atoms with E-state index in [2.05, 4.69) is 29.1 Å². The second kappa shape index (κ2) is 8.53. The highest BCUT2D eigenvalue weighted by atomic mass is 32.2. The fraction of sp³-hybridized carbons (Fsp3) is 0.667. The number of rotatable bonds is 8. The Morgan fingerprint density at radius 2 is 2.06 bits per heavy atom. The van der Waals surface area contributed by atoms with Gasteiger partial charge >= 0.3 is 0 Å².